The predicted octanol–water partition coefficient (Wildman–Crippen LogP) is 1.21. The van der Waals surface area contributed by atoms with Gasteiger partial charge in [-0.25, -0.2) is 4.79 Å². The lowest BCUT2D eigenvalue weighted by Gasteiger charge is -2.06. The number of benzene rings is 1. The Labute approximate surface area is 106 Å². The van der Waals surface area contributed by atoms with Crippen molar-refractivity contribution in [1.82, 2.24) is 10.6 Å². The summed E-state index contributed by atoms with van der Waals surface area (Å²) >= 11 is 0. The van der Waals surface area contributed by atoms with Crippen LogP contribution in [0.2, 0.25) is 0 Å². The molecule has 18 heavy (non-hydrogen) atoms. The lowest BCUT2D eigenvalue weighted by Crippen LogP contribution is -2.37. The molecule has 1 rings (SSSR count). The smallest absolute Gasteiger partial charge is 0.314 e. The fraction of sp³-hybridized carbons (Fsp3) is 0.385. The van der Waals surface area contributed by atoms with E-state index in [1.54, 1.807) is 12.1 Å². The van der Waals surface area contributed by atoms with Gasteiger partial charge in [0.05, 0.1) is 0 Å². The van der Waals surface area contributed by atoms with Gasteiger partial charge in [-0.1, -0.05) is 12.1 Å². The number of ketones is 1. The van der Waals surface area contributed by atoms with E-state index in [9.17, 15) is 9.59 Å². The minimum Gasteiger partial charge on any atom is -0.508 e. The molecule has 0 saturated carbocycles. The van der Waals surface area contributed by atoms with Gasteiger partial charge in [-0.2, -0.15) is 0 Å². The first kappa shape index (κ1) is 14.0. The van der Waals surface area contributed by atoms with Crippen molar-refractivity contribution in [3.8, 4) is 5.75 Å². The highest BCUT2D eigenvalue weighted by Crippen LogP contribution is 2.09. The molecule has 0 saturated heterocycles. The molecule has 5 nitrogen and oxygen atoms in total. The fourth-order valence-corrected chi connectivity index (χ4v) is 1.40. The lowest BCUT2D eigenvalue weighted by molar-refractivity contribution is -0.116. The molecule has 0 aliphatic heterocycles. The van der Waals surface area contributed by atoms with Crippen molar-refractivity contribution in [1.29, 1.82) is 0 Å². The summed E-state index contributed by atoms with van der Waals surface area (Å²) in [4.78, 5) is 22.0. The van der Waals surface area contributed by atoms with Crippen LogP contribution in [0.5, 0.6) is 5.75 Å². The van der Waals surface area contributed by atoms with Crippen molar-refractivity contribution in [2.75, 3.05) is 13.1 Å². The minimum atomic E-state index is -0.268. The number of urea groups is 1. The maximum absolute atomic E-state index is 11.3. The first-order valence-electron chi connectivity index (χ1n) is 5.87. The third-order valence-corrected chi connectivity index (χ3v) is 2.40. The van der Waals surface area contributed by atoms with E-state index in [-0.39, 0.29) is 17.6 Å². The first-order chi connectivity index (χ1) is 8.58. The average Bonchev–Trinajstić information content (AvgIpc) is 2.31. The number of amides is 2. The second-order valence-electron chi connectivity index (χ2n) is 4.05. The Hall–Kier alpha value is -2.04. The Morgan fingerprint density at radius 2 is 1.72 bits per heavy atom. The zero-order chi connectivity index (χ0) is 13.4. The van der Waals surface area contributed by atoms with E-state index in [2.05, 4.69) is 10.6 Å². The molecule has 0 radical (unpaired) electrons. The molecule has 0 bridgehead atoms. The lowest BCUT2D eigenvalue weighted by atomic mass is 10.1. The summed E-state index contributed by atoms with van der Waals surface area (Å²) in [6.07, 6.45) is 1.05. The van der Waals surface area contributed by atoms with E-state index in [1.807, 2.05) is 12.1 Å². The largest absolute Gasteiger partial charge is 0.508 e. The SMILES string of the molecule is CC(=O)CCNC(=O)NCCc1ccc(O)cc1. The van der Waals surface area contributed by atoms with E-state index in [0.717, 1.165) is 5.56 Å². The second kappa shape index (κ2) is 7.32. The molecular weight excluding hydrogens is 232 g/mol. The van der Waals surface area contributed by atoms with Crippen molar-refractivity contribution in [2.45, 2.75) is 19.8 Å². The van der Waals surface area contributed by atoms with Crippen LogP contribution in [-0.4, -0.2) is 30.0 Å². The molecule has 0 aromatic heterocycles. The summed E-state index contributed by atoms with van der Waals surface area (Å²) in [6.45, 7) is 2.36. The molecule has 0 atom stereocenters. The van der Waals surface area contributed by atoms with Crippen LogP contribution in [-0.2, 0) is 11.2 Å². The van der Waals surface area contributed by atoms with Crippen LogP contribution in [0, 0.1) is 0 Å². The molecule has 0 fully saturated rings. The van der Waals surface area contributed by atoms with E-state index >= 15 is 0 Å². The normalized spacial score (nSPS) is 9.83. The Morgan fingerprint density at radius 1 is 1.11 bits per heavy atom. The maximum atomic E-state index is 11.3. The number of hydrogen-bond donors (Lipinski definition) is 3. The number of carbonyl (C=O) groups excluding carboxylic acids is 2. The Kier molecular flexibility index (Phi) is 5.70. The van der Waals surface area contributed by atoms with Gasteiger partial charge in [-0.05, 0) is 31.0 Å². The Balaban J connectivity index is 2.15. The summed E-state index contributed by atoms with van der Waals surface area (Å²) in [5, 5.41) is 14.4. The highest BCUT2D eigenvalue weighted by molar-refractivity contribution is 5.77. The number of rotatable bonds is 6. The molecule has 2 amide bonds. The second-order valence-corrected chi connectivity index (χ2v) is 4.05. The first-order valence-corrected chi connectivity index (χ1v) is 5.87. The van der Waals surface area contributed by atoms with Gasteiger partial charge in [0.1, 0.15) is 11.5 Å². The number of Topliss-reactive ketones (excluding diaryl/α,β-unsaturated/α-hetero) is 1. The van der Waals surface area contributed by atoms with Crippen molar-refractivity contribution < 1.29 is 14.7 Å². The summed E-state index contributed by atoms with van der Waals surface area (Å²) in [6, 6.07) is 6.58. The monoisotopic (exact) mass is 250 g/mol. The highest BCUT2D eigenvalue weighted by atomic mass is 16.3. The summed E-state index contributed by atoms with van der Waals surface area (Å²) in [5.74, 6) is 0.285. The maximum Gasteiger partial charge on any atom is 0.314 e. The van der Waals surface area contributed by atoms with Crippen LogP contribution >= 0.6 is 0 Å². The van der Waals surface area contributed by atoms with Crippen LogP contribution in [0.25, 0.3) is 0 Å². The molecule has 3 N–H and O–H groups in total. The average molecular weight is 250 g/mol. The predicted molar refractivity (Wildman–Crippen MR) is 68.5 cm³/mol. The van der Waals surface area contributed by atoms with Crippen LogP contribution in [0.4, 0.5) is 4.79 Å². The van der Waals surface area contributed by atoms with Crippen molar-refractivity contribution in [2.24, 2.45) is 0 Å². The third-order valence-electron chi connectivity index (χ3n) is 2.40. The van der Waals surface area contributed by atoms with Crippen molar-refractivity contribution >= 4 is 11.8 Å². The molecule has 5 heteroatoms. The van der Waals surface area contributed by atoms with E-state index in [0.29, 0.717) is 25.9 Å². The molecule has 0 heterocycles. The van der Waals surface area contributed by atoms with Crippen LogP contribution in [0.1, 0.15) is 18.9 Å². The van der Waals surface area contributed by atoms with E-state index in [4.69, 9.17) is 5.11 Å². The molecule has 98 valence electrons. The van der Waals surface area contributed by atoms with Gasteiger partial charge in [0.2, 0.25) is 0 Å². The Bertz CT molecular complexity index is 401. The fourth-order valence-electron chi connectivity index (χ4n) is 1.40. The standard InChI is InChI=1S/C13H18N2O3/c1-10(16)6-8-14-13(18)15-9-7-11-2-4-12(17)5-3-11/h2-5,17H,6-9H2,1H3,(H2,14,15,18). The molecule has 1 aromatic carbocycles. The zero-order valence-electron chi connectivity index (χ0n) is 10.4. The summed E-state index contributed by atoms with van der Waals surface area (Å²) in [7, 11) is 0. The summed E-state index contributed by atoms with van der Waals surface area (Å²) in [5.41, 5.74) is 1.04. The van der Waals surface area contributed by atoms with Gasteiger partial charge in [-0.15, -0.1) is 0 Å². The topological polar surface area (TPSA) is 78.4 Å². The van der Waals surface area contributed by atoms with Crippen LogP contribution in [0.15, 0.2) is 24.3 Å². The van der Waals surface area contributed by atoms with Gasteiger partial charge in [-0.3, -0.25) is 4.79 Å². The van der Waals surface area contributed by atoms with Gasteiger partial charge in [0, 0.05) is 19.5 Å². The molecule has 0 unspecified atom stereocenters. The molecular formula is C13H18N2O3. The number of carbonyl (C=O) groups is 2. The molecule has 1 aromatic rings. The zero-order valence-corrected chi connectivity index (χ0v) is 10.4. The van der Waals surface area contributed by atoms with Crippen molar-refractivity contribution in [3.63, 3.8) is 0 Å². The highest BCUT2D eigenvalue weighted by Gasteiger charge is 2.00. The van der Waals surface area contributed by atoms with Gasteiger partial charge in [0.25, 0.3) is 0 Å². The van der Waals surface area contributed by atoms with Gasteiger partial charge >= 0.3 is 6.03 Å². The van der Waals surface area contributed by atoms with E-state index in [1.165, 1.54) is 6.92 Å². The molecule has 0 aliphatic carbocycles. The quantitative estimate of drug-likeness (QED) is 0.710. The Morgan fingerprint density at radius 3 is 2.33 bits per heavy atom. The van der Waals surface area contributed by atoms with Gasteiger partial charge < -0.3 is 15.7 Å². The van der Waals surface area contributed by atoms with Crippen LogP contribution in [0.3, 0.4) is 0 Å². The minimum absolute atomic E-state index is 0.0550. The summed E-state index contributed by atoms with van der Waals surface area (Å²) < 4.78 is 0. The number of phenols is 1. The number of hydrogen-bond acceptors (Lipinski definition) is 3. The molecule has 0 spiro atoms. The van der Waals surface area contributed by atoms with Gasteiger partial charge in [0.15, 0.2) is 0 Å². The van der Waals surface area contributed by atoms with Crippen molar-refractivity contribution in [3.05, 3.63) is 29.8 Å². The number of phenolic OH excluding ortho intramolecular Hbond substituents is 1. The number of aromatic hydroxyl groups is 1. The van der Waals surface area contributed by atoms with Crippen LogP contribution < -0.4 is 10.6 Å². The number of nitrogens with one attached hydrogen (secondary N) is 2. The molecule has 0 aliphatic rings. The third kappa shape index (κ3) is 5.89. The van der Waals surface area contributed by atoms with E-state index < -0.39 is 0 Å².